The van der Waals surface area contributed by atoms with Crippen LogP contribution in [0.5, 0.6) is 11.5 Å². The lowest BCUT2D eigenvalue weighted by Gasteiger charge is -2.13. The number of aryl methyl sites for hydroxylation is 2. The van der Waals surface area contributed by atoms with Gasteiger partial charge in [-0.3, -0.25) is 4.79 Å². The van der Waals surface area contributed by atoms with Gasteiger partial charge in [0.1, 0.15) is 18.1 Å². The number of nitrogens with one attached hydrogen (secondary N) is 1. The van der Waals surface area contributed by atoms with E-state index in [0.29, 0.717) is 17.9 Å². The van der Waals surface area contributed by atoms with Gasteiger partial charge in [-0.15, -0.1) is 0 Å². The Kier molecular flexibility index (Phi) is 5.77. The monoisotopic (exact) mass is 361 g/mol. The lowest BCUT2D eigenvalue weighted by Crippen LogP contribution is -2.13. The Morgan fingerprint density at radius 3 is 2.52 bits per heavy atom. The molecule has 0 radical (unpaired) electrons. The second-order valence-corrected chi connectivity index (χ2v) is 6.40. The van der Waals surface area contributed by atoms with Crippen LogP contribution >= 0.6 is 0 Å². The van der Waals surface area contributed by atoms with Crippen LogP contribution in [0.4, 0.5) is 5.69 Å². The topological polar surface area (TPSA) is 47.6 Å². The summed E-state index contributed by atoms with van der Waals surface area (Å²) in [6.07, 6.45) is 0. The molecular formula is C23H23NO3. The molecule has 0 aromatic heterocycles. The second-order valence-electron chi connectivity index (χ2n) is 6.40. The molecule has 0 aliphatic heterocycles. The van der Waals surface area contributed by atoms with Gasteiger partial charge < -0.3 is 14.8 Å². The molecule has 0 fully saturated rings. The van der Waals surface area contributed by atoms with Crippen LogP contribution < -0.4 is 14.8 Å². The smallest absolute Gasteiger partial charge is 0.255 e. The van der Waals surface area contributed by atoms with E-state index in [0.717, 1.165) is 28.1 Å². The molecule has 0 saturated carbocycles. The van der Waals surface area contributed by atoms with Gasteiger partial charge in [0.2, 0.25) is 0 Å². The highest BCUT2D eigenvalue weighted by atomic mass is 16.5. The molecule has 1 amide bonds. The van der Waals surface area contributed by atoms with Gasteiger partial charge in [-0.1, -0.05) is 30.3 Å². The zero-order valence-electron chi connectivity index (χ0n) is 15.8. The first-order chi connectivity index (χ1) is 13.1. The molecule has 0 spiro atoms. The van der Waals surface area contributed by atoms with Gasteiger partial charge >= 0.3 is 0 Å². The van der Waals surface area contributed by atoms with Crippen LogP contribution in [0, 0.1) is 13.8 Å². The van der Waals surface area contributed by atoms with Crippen molar-refractivity contribution in [2.75, 3.05) is 12.4 Å². The number of anilines is 1. The predicted molar refractivity (Wildman–Crippen MR) is 108 cm³/mol. The van der Waals surface area contributed by atoms with Gasteiger partial charge in [0.05, 0.1) is 7.11 Å². The summed E-state index contributed by atoms with van der Waals surface area (Å²) in [5.41, 5.74) is 4.32. The van der Waals surface area contributed by atoms with Crippen LogP contribution in [0.25, 0.3) is 0 Å². The molecule has 0 bridgehead atoms. The predicted octanol–water partition coefficient (Wildman–Crippen LogP) is 5.14. The van der Waals surface area contributed by atoms with Crippen LogP contribution in [0.1, 0.15) is 27.0 Å². The fourth-order valence-corrected chi connectivity index (χ4v) is 2.81. The van der Waals surface area contributed by atoms with Crippen molar-refractivity contribution in [1.29, 1.82) is 0 Å². The molecule has 3 aromatic carbocycles. The van der Waals surface area contributed by atoms with Gasteiger partial charge in [-0.05, 0) is 61.4 Å². The van der Waals surface area contributed by atoms with Gasteiger partial charge in [0.25, 0.3) is 5.91 Å². The number of amides is 1. The maximum absolute atomic E-state index is 12.6. The molecule has 3 aromatic rings. The number of para-hydroxylation sites is 1. The standard InChI is InChI=1S/C23H23NO3/c1-16-7-6-9-20(13-16)27-15-19-14-18(11-12-22(19)26-3)23(25)24-21-10-5-4-8-17(21)2/h4-14H,15H2,1-3H3,(H,24,25). The Morgan fingerprint density at radius 2 is 1.78 bits per heavy atom. The number of hydrogen-bond acceptors (Lipinski definition) is 3. The van der Waals surface area contributed by atoms with Crippen LogP contribution in [-0.2, 0) is 6.61 Å². The van der Waals surface area contributed by atoms with Gasteiger partial charge in [-0.2, -0.15) is 0 Å². The summed E-state index contributed by atoms with van der Waals surface area (Å²) in [6, 6.07) is 20.9. The van der Waals surface area contributed by atoms with Crippen LogP contribution in [-0.4, -0.2) is 13.0 Å². The second kappa shape index (κ2) is 8.41. The molecule has 0 aliphatic rings. The third-order valence-corrected chi connectivity index (χ3v) is 4.32. The van der Waals surface area contributed by atoms with E-state index >= 15 is 0 Å². The number of carbonyl (C=O) groups excluding carboxylic acids is 1. The molecule has 0 atom stereocenters. The van der Waals surface area contributed by atoms with E-state index in [-0.39, 0.29) is 5.91 Å². The lowest BCUT2D eigenvalue weighted by atomic mass is 10.1. The maximum atomic E-state index is 12.6. The van der Waals surface area contributed by atoms with Crippen molar-refractivity contribution in [1.82, 2.24) is 0 Å². The summed E-state index contributed by atoms with van der Waals surface area (Å²) in [4.78, 5) is 12.6. The fraction of sp³-hybridized carbons (Fsp3) is 0.174. The molecule has 0 aliphatic carbocycles. The Morgan fingerprint density at radius 1 is 0.963 bits per heavy atom. The molecule has 0 unspecified atom stereocenters. The van der Waals surface area contributed by atoms with E-state index in [1.165, 1.54) is 0 Å². The van der Waals surface area contributed by atoms with Crippen molar-refractivity contribution in [2.24, 2.45) is 0 Å². The van der Waals surface area contributed by atoms with Crippen molar-refractivity contribution in [2.45, 2.75) is 20.5 Å². The summed E-state index contributed by atoms with van der Waals surface area (Å²) in [5, 5.41) is 2.95. The molecule has 3 rings (SSSR count). The molecule has 0 heterocycles. The van der Waals surface area contributed by atoms with Gasteiger partial charge in [0.15, 0.2) is 0 Å². The zero-order valence-corrected chi connectivity index (χ0v) is 15.8. The SMILES string of the molecule is COc1ccc(C(=O)Nc2ccccc2C)cc1COc1cccc(C)c1. The first kappa shape index (κ1) is 18.5. The van der Waals surface area contributed by atoms with E-state index in [2.05, 4.69) is 5.32 Å². The number of benzene rings is 3. The minimum Gasteiger partial charge on any atom is -0.496 e. The average molecular weight is 361 g/mol. The highest BCUT2D eigenvalue weighted by molar-refractivity contribution is 6.04. The lowest BCUT2D eigenvalue weighted by molar-refractivity contribution is 0.102. The summed E-state index contributed by atoms with van der Waals surface area (Å²) < 4.78 is 11.3. The van der Waals surface area contributed by atoms with Crippen LogP contribution in [0.3, 0.4) is 0 Å². The van der Waals surface area contributed by atoms with E-state index in [4.69, 9.17) is 9.47 Å². The summed E-state index contributed by atoms with van der Waals surface area (Å²) in [7, 11) is 1.61. The molecule has 1 N–H and O–H groups in total. The Balaban J connectivity index is 1.78. The largest absolute Gasteiger partial charge is 0.496 e. The highest BCUT2D eigenvalue weighted by Gasteiger charge is 2.12. The molecule has 0 saturated heterocycles. The first-order valence-electron chi connectivity index (χ1n) is 8.80. The summed E-state index contributed by atoms with van der Waals surface area (Å²) >= 11 is 0. The van der Waals surface area contributed by atoms with Crippen molar-refractivity contribution >= 4 is 11.6 Å². The van der Waals surface area contributed by atoms with Crippen molar-refractivity contribution in [3.05, 3.63) is 89.0 Å². The molecule has 4 nitrogen and oxygen atoms in total. The number of rotatable bonds is 6. The van der Waals surface area contributed by atoms with Crippen LogP contribution in [0.15, 0.2) is 66.7 Å². The first-order valence-corrected chi connectivity index (χ1v) is 8.80. The van der Waals surface area contributed by atoms with E-state index in [1.807, 2.05) is 68.4 Å². The molecule has 138 valence electrons. The maximum Gasteiger partial charge on any atom is 0.255 e. The molecule has 27 heavy (non-hydrogen) atoms. The Hall–Kier alpha value is -3.27. The average Bonchev–Trinajstić information content (AvgIpc) is 2.68. The van der Waals surface area contributed by atoms with E-state index < -0.39 is 0 Å². The number of hydrogen-bond donors (Lipinski definition) is 1. The third kappa shape index (κ3) is 4.67. The normalized spacial score (nSPS) is 10.3. The number of ether oxygens (including phenoxy) is 2. The van der Waals surface area contributed by atoms with E-state index in [9.17, 15) is 4.79 Å². The Bertz CT molecular complexity index is 950. The van der Waals surface area contributed by atoms with Crippen molar-refractivity contribution < 1.29 is 14.3 Å². The summed E-state index contributed by atoms with van der Waals surface area (Å²) in [5.74, 6) is 1.31. The van der Waals surface area contributed by atoms with E-state index in [1.54, 1.807) is 19.2 Å². The van der Waals surface area contributed by atoms with Crippen molar-refractivity contribution in [3.63, 3.8) is 0 Å². The molecular weight excluding hydrogens is 338 g/mol. The van der Waals surface area contributed by atoms with Crippen LogP contribution in [0.2, 0.25) is 0 Å². The summed E-state index contributed by atoms with van der Waals surface area (Å²) in [6.45, 7) is 4.30. The Labute approximate surface area is 159 Å². The highest BCUT2D eigenvalue weighted by Crippen LogP contribution is 2.24. The minimum absolute atomic E-state index is 0.163. The number of methoxy groups -OCH3 is 1. The van der Waals surface area contributed by atoms with Gasteiger partial charge in [-0.25, -0.2) is 0 Å². The quantitative estimate of drug-likeness (QED) is 0.661. The molecule has 4 heteroatoms. The zero-order chi connectivity index (χ0) is 19.2. The van der Waals surface area contributed by atoms with Gasteiger partial charge in [0, 0.05) is 16.8 Å². The number of carbonyl (C=O) groups is 1. The minimum atomic E-state index is -0.163. The fourth-order valence-electron chi connectivity index (χ4n) is 2.81. The third-order valence-electron chi connectivity index (χ3n) is 4.32. The van der Waals surface area contributed by atoms with Crippen molar-refractivity contribution in [3.8, 4) is 11.5 Å².